The van der Waals surface area contributed by atoms with Crippen molar-refractivity contribution in [2.75, 3.05) is 24.2 Å². The van der Waals surface area contributed by atoms with E-state index in [4.69, 9.17) is 4.52 Å². The van der Waals surface area contributed by atoms with E-state index < -0.39 is 9.84 Å². The van der Waals surface area contributed by atoms with E-state index in [1.165, 1.54) is 12.6 Å². The summed E-state index contributed by atoms with van der Waals surface area (Å²) in [5.41, 5.74) is 2.81. The van der Waals surface area contributed by atoms with Crippen molar-refractivity contribution in [3.63, 3.8) is 0 Å². The van der Waals surface area contributed by atoms with E-state index >= 15 is 0 Å². The van der Waals surface area contributed by atoms with Crippen LogP contribution in [0.2, 0.25) is 0 Å². The average molecular weight is 442 g/mol. The average Bonchev–Trinajstić information content (AvgIpc) is 3.43. The molecule has 0 aliphatic carbocycles. The van der Waals surface area contributed by atoms with Crippen LogP contribution in [0.25, 0.3) is 21.3 Å². The maximum atomic E-state index is 11.7. The normalized spacial score (nSPS) is 15.7. The van der Waals surface area contributed by atoms with Gasteiger partial charge >= 0.3 is 0 Å². The quantitative estimate of drug-likeness (QED) is 0.474. The molecular weight excluding hydrogens is 422 g/mol. The van der Waals surface area contributed by atoms with Crippen LogP contribution in [-0.2, 0) is 9.84 Å². The van der Waals surface area contributed by atoms with E-state index in [-0.39, 0.29) is 0 Å². The molecule has 1 saturated heterocycles. The zero-order valence-electron chi connectivity index (χ0n) is 16.2. The van der Waals surface area contributed by atoms with Crippen LogP contribution in [0.5, 0.6) is 0 Å². The van der Waals surface area contributed by atoms with Gasteiger partial charge in [-0.05, 0) is 30.5 Å². The van der Waals surface area contributed by atoms with Gasteiger partial charge in [-0.25, -0.2) is 18.4 Å². The molecule has 1 aliphatic rings. The molecule has 5 rings (SSSR count). The summed E-state index contributed by atoms with van der Waals surface area (Å²) in [7, 11) is -3.22. The molecule has 1 aromatic carbocycles. The van der Waals surface area contributed by atoms with Crippen LogP contribution < -0.4 is 4.90 Å². The van der Waals surface area contributed by atoms with E-state index in [1.54, 1.807) is 29.8 Å². The third-order valence-electron chi connectivity index (χ3n) is 5.47. The van der Waals surface area contributed by atoms with Crippen LogP contribution >= 0.6 is 11.3 Å². The van der Waals surface area contributed by atoms with Crippen molar-refractivity contribution in [2.24, 2.45) is 0 Å². The van der Waals surface area contributed by atoms with Gasteiger partial charge in [0.25, 0.3) is 0 Å². The monoisotopic (exact) mass is 441 g/mol. The predicted molar refractivity (Wildman–Crippen MR) is 114 cm³/mol. The van der Waals surface area contributed by atoms with Crippen LogP contribution in [0.3, 0.4) is 0 Å². The molecule has 10 heteroatoms. The van der Waals surface area contributed by atoms with Crippen LogP contribution in [0, 0.1) is 0 Å². The standard InChI is InChI=1S/C20H19N5O3S2/c1-30(26,27)15-4-2-13(3-5-15)16-10-29-18-17(16)21-11-22-20(18)25-8-6-14(7-9-25)19-23-12-28-24-19/h2-5,10-12,14H,6-9H2,1H3. The number of hydrogen-bond acceptors (Lipinski definition) is 9. The minimum absolute atomic E-state index is 0.310. The lowest BCUT2D eigenvalue weighted by Crippen LogP contribution is -2.33. The first-order valence-corrected chi connectivity index (χ1v) is 12.3. The highest BCUT2D eigenvalue weighted by atomic mass is 32.2. The van der Waals surface area contributed by atoms with Gasteiger partial charge in [-0.2, -0.15) is 4.98 Å². The molecule has 8 nitrogen and oxygen atoms in total. The van der Waals surface area contributed by atoms with Crippen molar-refractivity contribution in [2.45, 2.75) is 23.7 Å². The maximum absolute atomic E-state index is 11.7. The molecule has 0 atom stereocenters. The molecule has 3 aromatic heterocycles. The maximum Gasteiger partial charge on any atom is 0.213 e. The van der Waals surface area contributed by atoms with Gasteiger partial charge in [-0.15, -0.1) is 11.3 Å². The summed E-state index contributed by atoms with van der Waals surface area (Å²) >= 11 is 1.61. The highest BCUT2D eigenvalue weighted by molar-refractivity contribution is 7.90. The van der Waals surface area contributed by atoms with Gasteiger partial charge in [0.05, 0.1) is 15.1 Å². The number of piperidine rings is 1. The molecule has 0 amide bonds. The van der Waals surface area contributed by atoms with E-state index in [9.17, 15) is 8.42 Å². The second-order valence-corrected chi connectivity index (χ2v) is 10.3. The Morgan fingerprint density at radius 3 is 2.53 bits per heavy atom. The van der Waals surface area contributed by atoms with Crippen molar-refractivity contribution in [3.05, 3.63) is 48.2 Å². The van der Waals surface area contributed by atoms with Crippen molar-refractivity contribution in [3.8, 4) is 11.1 Å². The molecule has 4 heterocycles. The van der Waals surface area contributed by atoms with Crippen LogP contribution in [-0.4, -0.2) is 47.9 Å². The predicted octanol–water partition coefficient (Wildman–Crippen LogP) is 3.53. The topological polar surface area (TPSA) is 102 Å². The van der Waals surface area contributed by atoms with Gasteiger partial charge in [0.1, 0.15) is 12.1 Å². The van der Waals surface area contributed by atoms with Gasteiger partial charge in [0, 0.05) is 36.2 Å². The third kappa shape index (κ3) is 3.46. The van der Waals surface area contributed by atoms with E-state index in [0.29, 0.717) is 10.8 Å². The summed E-state index contributed by atoms with van der Waals surface area (Å²) in [6.07, 6.45) is 6.07. The Morgan fingerprint density at radius 2 is 1.87 bits per heavy atom. The summed E-state index contributed by atoms with van der Waals surface area (Å²) in [5, 5.41) is 6.04. The Balaban J connectivity index is 1.43. The fraction of sp³-hybridized carbons (Fsp3) is 0.300. The first kappa shape index (κ1) is 19.1. The van der Waals surface area contributed by atoms with Crippen LogP contribution in [0.1, 0.15) is 24.6 Å². The van der Waals surface area contributed by atoms with Crippen molar-refractivity contribution >= 4 is 37.2 Å². The Hall–Kier alpha value is -2.85. The summed E-state index contributed by atoms with van der Waals surface area (Å²) < 4.78 is 29.4. The molecule has 0 radical (unpaired) electrons. The number of rotatable bonds is 4. The Labute approximate surface area is 177 Å². The number of anilines is 1. The lowest BCUT2D eigenvalue weighted by atomic mass is 9.96. The fourth-order valence-corrected chi connectivity index (χ4v) is 5.53. The zero-order chi connectivity index (χ0) is 20.7. The summed E-state index contributed by atoms with van der Waals surface area (Å²) in [6.45, 7) is 1.73. The number of hydrogen-bond donors (Lipinski definition) is 0. The summed E-state index contributed by atoms with van der Waals surface area (Å²) in [4.78, 5) is 15.9. The second kappa shape index (κ2) is 7.44. The second-order valence-electron chi connectivity index (χ2n) is 7.37. The Kier molecular flexibility index (Phi) is 4.75. The van der Waals surface area contributed by atoms with Gasteiger partial charge < -0.3 is 9.42 Å². The molecule has 0 bridgehead atoms. The van der Waals surface area contributed by atoms with Gasteiger partial charge in [0.15, 0.2) is 15.7 Å². The third-order valence-corrected chi connectivity index (χ3v) is 7.56. The number of benzene rings is 1. The van der Waals surface area contributed by atoms with Crippen LogP contribution in [0.4, 0.5) is 5.82 Å². The molecular formula is C20H19N5O3S2. The van der Waals surface area contributed by atoms with Gasteiger partial charge in [0.2, 0.25) is 6.39 Å². The highest BCUT2D eigenvalue weighted by Gasteiger charge is 2.26. The number of fused-ring (bicyclic) bond motifs is 1. The molecule has 1 fully saturated rings. The Bertz CT molecular complexity index is 1280. The van der Waals surface area contributed by atoms with E-state index in [1.807, 2.05) is 12.1 Å². The van der Waals surface area contributed by atoms with E-state index in [0.717, 1.165) is 58.9 Å². The van der Waals surface area contributed by atoms with Crippen LogP contribution in [0.15, 0.2) is 51.8 Å². The smallest absolute Gasteiger partial charge is 0.213 e. The van der Waals surface area contributed by atoms with Crippen molar-refractivity contribution in [1.29, 1.82) is 0 Å². The molecule has 0 saturated carbocycles. The SMILES string of the molecule is CS(=O)(=O)c1ccc(-c2csc3c(N4CCC(c5ncon5)CC4)ncnc23)cc1. The Morgan fingerprint density at radius 1 is 1.10 bits per heavy atom. The highest BCUT2D eigenvalue weighted by Crippen LogP contribution is 2.38. The summed E-state index contributed by atoms with van der Waals surface area (Å²) in [6, 6.07) is 6.93. The number of aromatic nitrogens is 4. The van der Waals surface area contributed by atoms with Crippen molar-refractivity contribution < 1.29 is 12.9 Å². The lowest BCUT2D eigenvalue weighted by molar-refractivity contribution is 0.392. The zero-order valence-corrected chi connectivity index (χ0v) is 17.9. The number of thiophene rings is 1. The largest absolute Gasteiger partial charge is 0.355 e. The fourth-order valence-electron chi connectivity index (χ4n) is 3.86. The molecule has 1 aliphatic heterocycles. The molecule has 154 valence electrons. The summed E-state index contributed by atoms with van der Waals surface area (Å²) in [5.74, 6) is 2.03. The van der Waals surface area contributed by atoms with Gasteiger partial charge in [-0.1, -0.05) is 17.3 Å². The first-order chi connectivity index (χ1) is 14.5. The molecule has 0 spiro atoms. The number of sulfone groups is 1. The molecule has 0 unspecified atom stereocenters. The lowest BCUT2D eigenvalue weighted by Gasteiger charge is -2.31. The van der Waals surface area contributed by atoms with E-state index in [2.05, 4.69) is 30.4 Å². The van der Waals surface area contributed by atoms with Crippen molar-refractivity contribution in [1.82, 2.24) is 20.1 Å². The van der Waals surface area contributed by atoms with Gasteiger partial charge in [-0.3, -0.25) is 0 Å². The number of nitrogens with zero attached hydrogens (tertiary/aromatic N) is 5. The minimum Gasteiger partial charge on any atom is -0.355 e. The molecule has 0 N–H and O–H groups in total. The molecule has 30 heavy (non-hydrogen) atoms. The first-order valence-electron chi connectivity index (χ1n) is 9.54. The minimum atomic E-state index is -3.22. The molecule has 4 aromatic rings.